The van der Waals surface area contributed by atoms with Crippen LogP contribution < -0.4 is 0 Å². The normalized spacial score (nSPS) is 20.6. The lowest BCUT2D eigenvalue weighted by Crippen LogP contribution is -2.13. The monoisotopic (exact) mass is 220 g/mol. The smallest absolute Gasteiger partial charge is 0.249 e. The maximum Gasteiger partial charge on any atom is 0.249 e. The highest BCUT2D eigenvalue weighted by Crippen LogP contribution is 2.22. The summed E-state index contributed by atoms with van der Waals surface area (Å²) in [5.74, 6) is 0.117. The molecule has 6 heteroatoms. The molecule has 0 aliphatic carbocycles. The molecule has 1 fully saturated rings. The van der Waals surface area contributed by atoms with E-state index in [4.69, 9.17) is 13.3 Å². The zero-order valence-corrected chi connectivity index (χ0v) is 9.04. The predicted octanol–water partition coefficient (Wildman–Crippen LogP) is 0.522. The summed E-state index contributed by atoms with van der Waals surface area (Å²) in [5, 5.41) is 0. The molecule has 82 valence electrons. The van der Waals surface area contributed by atoms with Gasteiger partial charge in [0.25, 0.3) is 0 Å². The Labute approximate surface area is 85.9 Å². The molecule has 2 atom stereocenters. The van der Waals surface area contributed by atoms with Gasteiger partial charge in [0.1, 0.15) is 0 Å². The van der Waals surface area contributed by atoms with Crippen LogP contribution in [0.3, 0.4) is 0 Å². The summed E-state index contributed by atoms with van der Waals surface area (Å²) in [7, 11) is 0. The van der Waals surface area contributed by atoms with E-state index in [1.807, 2.05) is 4.90 Å². The third kappa shape index (κ3) is 5.11. The Bertz CT molecular complexity index is 250. The van der Waals surface area contributed by atoms with Crippen molar-refractivity contribution in [2.45, 2.75) is 26.3 Å². The second-order valence-electron chi connectivity index (χ2n) is 3.02. The lowest BCUT2D eigenvalue weighted by Gasteiger charge is -2.00. The number of rotatable bonds is 2. The molecule has 2 unspecified atom stereocenters. The highest BCUT2D eigenvalue weighted by atomic mass is 32.2. The summed E-state index contributed by atoms with van der Waals surface area (Å²) in [6, 6.07) is 0.504. The molecule has 1 N–H and O–H groups in total. The van der Waals surface area contributed by atoms with E-state index in [1.54, 1.807) is 6.92 Å². The third-order valence-electron chi connectivity index (χ3n) is 1.81. The SMILES string of the molecule is C=C(C)C(=O)N1CC1CC.O=S([O-])O. The minimum atomic E-state index is -2.86. The second-order valence-corrected chi connectivity index (χ2v) is 3.45. The molecule has 1 rings (SSSR count). The molecule has 0 bridgehead atoms. The average molecular weight is 220 g/mol. The van der Waals surface area contributed by atoms with Crippen molar-refractivity contribution in [3.8, 4) is 0 Å². The number of carbonyl (C=O) groups excluding carboxylic acids is 1. The van der Waals surface area contributed by atoms with Gasteiger partial charge >= 0.3 is 0 Å². The Balaban J connectivity index is 0.000000364. The van der Waals surface area contributed by atoms with E-state index in [0.717, 1.165) is 13.0 Å². The van der Waals surface area contributed by atoms with Crippen molar-refractivity contribution in [3.05, 3.63) is 12.2 Å². The first-order chi connectivity index (χ1) is 6.40. The number of nitrogens with zero attached hydrogens (tertiary/aromatic N) is 1. The Morgan fingerprint density at radius 2 is 2.21 bits per heavy atom. The highest BCUT2D eigenvalue weighted by Gasteiger charge is 2.36. The van der Waals surface area contributed by atoms with E-state index in [2.05, 4.69) is 13.5 Å². The van der Waals surface area contributed by atoms with Gasteiger partial charge in [0, 0.05) is 18.2 Å². The van der Waals surface area contributed by atoms with E-state index in [0.29, 0.717) is 11.6 Å². The zero-order chi connectivity index (χ0) is 11.3. The van der Waals surface area contributed by atoms with E-state index in [9.17, 15) is 4.79 Å². The fourth-order valence-electron chi connectivity index (χ4n) is 1.02. The summed E-state index contributed by atoms with van der Waals surface area (Å²) in [5.41, 5.74) is 0.649. The van der Waals surface area contributed by atoms with Crippen LogP contribution in [-0.4, -0.2) is 36.7 Å². The summed E-state index contributed by atoms with van der Waals surface area (Å²) in [6.07, 6.45) is 1.07. The van der Waals surface area contributed by atoms with Crippen LogP contribution in [0.4, 0.5) is 0 Å². The van der Waals surface area contributed by atoms with Gasteiger partial charge in [0.2, 0.25) is 5.91 Å². The maximum atomic E-state index is 11.1. The molecular formula is C8H14NO4S-. The van der Waals surface area contributed by atoms with Crippen LogP contribution in [0.15, 0.2) is 12.2 Å². The Morgan fingerprint density at radius 3 is 2.43 bits per heavy atom. The van der Waals surface area contributed by atoms with Crippen LogP contribution in [-0.2, 0) is 16.2 Å². The van der Waals surface area contributed by atoms with Gasteiger partial charge in [0.15, 0.2) is 0 Å². The van der Waals surface area contributed by atoms with Gasteiger partial charge in [-0.1, -0.05) is 13.5 Å². The Kier molecular flexibility index (Phi) is 5.59. The molecular weight excluding hydrogens is 206 g/mol. The van der Waals surface area contributed by atoms with Gasteiger partial charge in [-0.3, -0.25) is 4.79 Å². The van der Waals surface area contributed by atoms with Crippen LogP contribution in [0.25, 0.3) is 0 Å². The number of amides is 1. The molecule has 1 heterocycles. The Hall–Kier alpha value is -0.720. The molecule has 1 saturated heterocycles. The van der Waals surface area contributed by atoms with E-state index in [1.165, 1.54) is 0 Å². The van der Waals surface area contributed by atoms with Crippen molar-refractivity contribution in [2.24, 2.45) is 0 Å². The first kappa shape index (κ1) is 13.3. The number of carbonyl (C=O) groups is 1. The minimum absolute atomic E-state index is 0.117. The van der Waals surface area contributed by atoms with Crippen molar-refractivity contribution in [1.29, 1.82) is 0 Å². The number of hydrogen-bond donors (Lipinski definition) is 1. The minimum Gasteiger partial charge on any atom is -0.750 e. The molecule has 1 aliphatic heterocycles. The van der Waals surface area contributed by atoms with Gasteiger partial charge in [0.05, 0.1) is 11.4 Å². The summed E-state index contributed by atoms with van der Waals surface area (Å²) < 4.78 is 24.1. The zero-order valence-electron chi connectivity index (χ0n) is 8.23. The average Bonchev–Trinajstić information content (AvgIpc) is 2.80. The fourth-order valence-corrected chi connectivity index (χ4v) is 1.02. The van der Waals surface area contributed by atoms with Crippen molar-refractivity contribution < 1.29 is 18.1 Å². The van der Waals surface area contributed by atoms with Crippen LogP contribution in [0.2, 0.25) is 0 Å². The highest BCUT2D eigenvalue weighted by molar-refractivity contribution is 7.73. The largest absolute Gasteiger partial charge is 0.750 e. The maximum absolute atomic E-state index is 11.1. The Morgan fingerprint density at radius 1 is 1.79 bits per heavy atom. The molecule has 0 aromatic carbocycles. The first-order valence-corrected chi connectivity index (χ1v) is 5.18. The van der Waals surface area contributed by atoms with E-state index >= 15 is 0 Å². The van der Waals surface area contributed by atoms with E-state index in [-0.39, 0.29) is 5.91 Å². The molecule has 1 amide bonds. The lowest BCUT2D eigenvalue weighted by atomic mass is 10.3. The van der Waals surface area contributed by atoms with Crippen molar-refractivity contribution in [2.75, 3.05) is 6.54 Å². The molecule has 14 heavy (non-hydrogen) atoms. The summed E-state index contributed by atoms with van der Waals surface area (Å²) >= 11 is -2.86. The van der Waals surface area contributed by atoms with Gasteiger partial charge in [-0.25, -0.2) is 4.21 Å². The lowest BCUT2D eigenvalue weighted by molar-refractivity contribution is -0.122. The van der Waals surface area contributed by atoms with Gasteiger partial charge in [-0.15, -0.1) is 0 Å². The molecule has 0 spiro atoms. The fraction of sp³-hybridized carbons (Fsp3) is 0.625. The van der Waals surface area contributed by atoms with Crippen LogP contribution >= 0.6 is 0 Å². The third-order valence-corrected chi connectivity index (χ3v) is 1.81. The van der Waals surface area contributed by atoms with Crippen LogP contribution in [0.1, 0.15) is 20.3 Å². The van der Waals surface area contributed by atoms with Gasteiger partial charge in [-0.2, -0.15) is 0 Å². The van der Waals surface area contributed by atoms with Crippen LogP contribution in [0, 0.1) is 0 Å². The van der Waals surface area contributed by atoms with Crippen molar-refractivity contribution in [1.82, 2.24) is 4.90 Å². The van der Waals surface area contributed by atoms with Crippen LogP contribution in [0.5, 0.6) is 0 Å². The van der Waals surface area contributed by atoms with Gasteiger partial charge < -0.3 is 14.0 Å². The number of hydrogen-bond acceptors (Lipinski definition) is 3. The molecule has 0 radical (unpaired) electrons. The van der Waals surface area contributed by atoms with Gasteiger partial charge in [-0.05, 0) is 13.3 Å². The summed E-state index contributed by atoms with van der Waals surface area (Å²) in [4.78, 5) is 13.0. The molecule has 0 aromatic heterocycles. The van der Waals surface area contributed by atoms with Crippen molar-refractivity contribution >= 4 is 17.3 Å². The topological polar surface area (TPSA) is 80.4 Å². The second kappa shape index (κ2) is 5.90. The first-order valence-electron chi connectivity index (χ1n) is 4.15. The molecule has 5 nitrogen and oxygen atoms in total. The predicted molar refractivity (Wildman–Crippen MR) is 52.2 cm³/mol. The quantitative estimate of drug-likeness (QED) is 0.418. The van der Waals surface area contributed by atoms with Crippen molar-refractivity contribution in [3.63, 3.8) is 0 Å². The van der Waals surface area contributed by atoms with E-state index < -0.39 is 11.4 Å². The molecule has 0 aromatic rings. The molecule has 1 aliphatic rings. The molecule has 0 saturated carbocycles. The summed E-state index contributed by atoms with van der Waals surface area (Å²) in [6.45, 7) is 8.38. The standard InChI is InChI=1S/C8H13NO.H2O3S/c1-4-7-5-9(7)8(10)6(2)3;1-4(2)3/h7H,2,4-5H2,1,3H3;(H2,1,2,3)/p-1.